The topological polar surface area (TPSA) is 65.2 Å². The van der Waals surface area contributed by atoms with Gasteiger partial charge in [-0.25, -0.2) is 4.79 Å². The van der Waals surface area contributed by atoms with Gasteiger partial charge < -0.3 is 10.5 Å². The largest absolute Gasteiger partial charge is 0.444 e. The number of halogens is 3. The molecule has 0 saturated heterocycles. The first-order valence-electron chi connectivity index (χ1n) is 7.26. The van der Waals surface area contributed by atoms with Crippen molar-refractivity contribution in [3.05, 3.63) is 41.7 Å². The summed E-state index contributed by atoms with van der Waals surface area (Å²) in [6.07, 6.45) is -4.10. The lowest BCUT2D eigenvalue weighted by molar-refractivity contribution is -0.127. The Balaban J connectivity index is 0.000000307. The molecule has 1 aromatic carbocycles. The summed E-state index contributed by atoms with van der Waals surface area (Å²) >= 11 is 0. The molecule has 132 valence electrons. The Bertz CT molecular complexity index is 707. The maximum Gasteiger partial charge on any atom is 0.405 e. The number of rotatable bonds is 1. The molecular formula is C17H21F3N2O2. The van der Waals surface area contributed by atoms with Crippen LogP contribution in [0.15, 0.2) is 30.5 Å². The number of fused-ring (bicyclic) bond motifs is 1. The maximum absolute atomic E-state index is 12.2. The van der Waals surface area contributed by atoms with Crippen LogP contribution in [0.2, 0.25) is 0 Å². The van der Waals surface area contributed by atoms with E-state index in [2.05, 4.69) is 9.72 Å². The molecule has 1 heterocycles. The van der Waals surface area contributed by atoms with E-state index in [1.807, 2.05) is 6.92 Å². The minimum atomic E-state index is -4.16. The average molecular weight is 342 g/mol. The molecule has 0 saturated carbocycles. The Hall–Kier alpha value is -2.31. The molecule has 0 aliphatic heterocycles. The molecular weight excluding hydrogens is 321 g/mol. The van der Waals surface area contributed by atoms with E-state index >= 15 is 0 Å². The molecule has 2 N–H and O–H groups in total. The van der Waals surface area contributed by atoms with Crippen molar-refractivity contribution in [2.45, 2.75) is 45.9 Å². The van der Waals surface area contributed by atoms with Crippen LogP contribution in [0.5, 0.6) is 0 Å². The van der Waals surface area contributed by atoms with Crippen molar-refractivity contribution in [3.8, 4) is 0 Å². The highest BCUT2D eigenvalue weighted by Crippen LogP contribution is 2.24. The van der Waals surface area contributed by atoms with Gasteiger partial charge >= 0.3 is 12.3 Å². The molecule has 0 unspecified atom stereocenters. The van der Waals surface area contributed by atoms with E-state index in [0.29, 0.717) is 0 Å². The second kappa shape index (κ2) is 7.51. The van der Waals surface area contributed by atoms with Crippen molar-refractivity contribution in [1.29, 1.82) is 0 Å². The van der Waals surface area contributed by atoms with Crippen molar-refractivity contribution in [3.63, 3.8) is 0 Å². The van der Waals surface area contributed by atoms with Gasteiger partial charge in [-0.15, -0.1) is 0 Å². The highest BCUT2D eigenvalue weighted by molar-refractivity contribution is 5.82. The number of carbonyl (C=O) groups is 1. The number of amides is 1. The van der Waals surface area contributed by atoms with Gasteiger partial charge in [0, 0.05) is 17.3 Å². The molecule has 2 aromatic rings. The number of nitrogens with two attached hydrogens (primary N) is 1. The molecule has 4 nitrogen and oxygen atoms in total. The van der Waals surface area contributed by atoms with Crippen molar-refractivity contribution in [2.75, 3.05) is 0 Å². The molecule has 7 heteroatoms. The molecule has 0 radical (unpaired) electrons. The van der Waals surface area contributed by atoms with Crippen LogP contribution >= 0.6 is 0 Å². The van der Waals surface area contributed by atoms with Gasteiger partial charge in [0.2, 0.25) is 0 Å². The number of hydrogen-bond donors (Lipinski definition) is 1. The van der Waals surface area contributed by atoms with E-state index in [1.54, 1.807) is 45.2 Å². The number of pyridine rings is 1. The fourth-order valence-corrected chi connectivity index (χ4v) is 1.94. The van der Waals surface area contributed by atoms with Gasteiger partial charge in [0.25, 0.3) is 0 Å². The summed E-state index contributed by atoms with van der Waals surface area (Å²) < 4.78 is 41.2. The molecule has 1 aromatic heterocycles. The summed E-state index contributed by atoms with van der Waals surface area (Å²) in [5, 5.41) is 1.66. The van der Waals surface area contributed by atoms with Gasteiger partial charge in [-0.05, 0) is 44.7 Å². The molecule has 0 atom stereocenters. The molecule has 2 rings (SSSR count). The second-order valence-corrected chi connectivity index (χ2v) is 6.33. The molecule has 1 amide bonds. The second-order valence-electron chi connectivity index (χ2n) is 6.33. The van der Waals surface area contributed by atoms with E-state index < -0.39 is 24.3 Å². The van der Waals surface area contributed by atoms with Crippen LogP contribution in [0.3, 0.4) is 0 Å². The van der Waals surface area contributed by atoms with E-state index in [0.717, 1.165) is 16.5 Å². The number of alkyl halides is 3. The Morgan fingerprint density at radius 2 is 1.79 bits per heavy atom. The fraction of sp³-hybridized carbons (Fsp3) is 0.412. The van der Waals surface area contributed by atoms with Gasteiger partial charge in [0.05, 0.1) is 6.42 Å². The number of aromatic nitrogens is 1. The average Bonchev–Trinajstić information content (AvgIpc) is 2.33. The molecule has 0 spiro atoms. The maximum atomic E-state index is 12.2. The zero-order valence-electron chi connectivity index (χ0n) is 14.1. The van der Waals surface area contributed by atoms with Gasteiger partial charge in [0.1, 0.15) is 5.60 Å². The molecule has 0 aliphatic carbocycles. The Kier molecular flexibility index (Phi) is 6.17. The normalized spacial score (nSPS) is 11.6. The molecule has 24 heavy (non-hydrogen) atoms. The number of nitrogens with zero attached hydrogens (tertiary/aromatic N) is 1. The standard InChI is InChI=1S/C12H10F3N.C5H11NO2/c1-8-4-11-5-9(6-12(13,14)15)2-3-10(11)7-16-8;1-5(2,3)8-4(6)7/h2-5,7H,6H2,1H3;1-3H3,(H2,6,7). The Morgan fingerprint density at radius 1 is 1.17 bits per heavy atom. The van der Waals surface area contributed by atoms with Crippen LogP contribution in [0.4, 0.5) is 18.0 Å². The molecule has 0 bridgehead atoms. The lowest BCUT2D eigenvalue weighted by atomic mass is 10.1. The highest BCUT2D eigenvalue weighted by atomic mass is 19.4. The van der Waals surface area contributed by atoms with Crippen molar-refractivity contribution in [2.24, 2.45) is 5.73 Å². The minimum Gasteiger partial charge on any atom is -0.444 e. The van der Waals surface area contributed by atoms with Crippen LogP contribution in [0.1, 0.15) is 32.0 Å². The highest BCUT2D eigenvalue weighted by Gasteiger charge is 2.27. The first-order valence-corrected chi connectivity index (χ1v) is 7.26. The lowest BCUT2D eigenvalue weighted by Crippen LogP contribution is -2.27. The Morgan fingerprint density at radius 3 is 2.25 bits per heavy atom. The smallest absolute Gasteiger partial charge is 0.405 e. The number of aryl methyl sites for hydroxylation is 1. The van der Waals surface area contributed by atoms with Crippen LogP contribution in [-0.4, -0.2) is 22.9 Å². The van der Waals surface area contributed by atoms with Crippen LogP contribution in [0.25, 0.3) is 10.8 Å². The van der Waals surface area contributed by atoms with Crippen LogP contribution in [0, 0.1) is 6.92 Å². The van der Waals surface area contributed by atoms with Gasteiger partial charge in [-0.2, -0.15) is 13.2 Å². The number of hydrogen-bond acceptors (Lipinski definition) is 3. The van der Waals surface area contributed by atoms with Gasteiger partial charge in [-0.1, -0.05) is 18.2 Å². The predicted octanol–water partition coefficient (Wildman–Crippen LogP) is 4.53. The number of ether oxygens (including phenoxy) is 1. The van der Waals surface area contributed by atoms with E-state index in [9.17, 15) is 18.0 Å². The number of primary amides is 1. The van der Waals surface area contributed by atoms with Crippen molar-refractivity contribution >= 4 is 16.9 Å². The third-order valence-corrected chi connectivity index (χ3v) is 2.73. The third-order valence-electron chi connectivity index (χ3n) is 2.73. The summed E-state index contributed by atoms with van der Waals surface area (Å²) in [4.78, 5) is 14.1. The third kappa shape index (κ3) is 7.80. The summed E-state index contributed by atoms with van der Waals surface area (Å²) in [7, 11) is 0. The zero-order chi connectivity index (χ0) is 18.5. The van der Waals surface area contributed by atoms with Gasteiger partial charge in [-0.3, -0.25) is 4.98 Å². The number of carbonyl (C=O) groups excluding carboxylic acids is 1. The molecule has 0 aliphatic rings. The Labute approximate surface area is 138 Å². The van der Waals surface area contributed by atoms with E-state index in [1.165, 1.54) is 6.07 Å². The van der Waals surface area contributed by atoms with Crippen LogP contribution in [-0.2, 0) is 11.2 Å². The van der Waals surface area contributed by atoms with Crippen molar-refractivity contribution < 1.29 is 22.7 Å². The predicted molar refractivity (Wildman–Crippen MR) is 86.7 cm³/mol. The van der Waals surface area contributed by atoms with E-state index in [-0.39, 0.29) is 5.56 Å². The number of benzene rings is 1. The monoisotopic (exact) mass is 342 g/mol. The summed E-state index contributed by atoms with van der Waals surface area (Å²) in [5.41, 5.74) is 5.35. The van der Waals surface area contributed by atoms with Gasteiger partial charge in [0.15, 0.2) is 0 Å². The zero-order valence-corrected chi connectivity index (χ0v) is 14.1. The summed E-state index contributed by atoms with van der Waals surface area (Å²) in [6.45, 7) is 7.10. The summed E-state index contributed by atoms with van der Waals surface area (Å²) in [6, 6.07) is 6.52. The fourth-order valence-electron chi connectivity index (χ4n) is 1.94. The SMILES string of the molecule is CC(C)(C)OC(N)=O.Cc1cc2cc(CC(F)(F)F)ccc2cn1. The summed E-state index contributed by atoms with van der Waals surface area (Å²) in [5.74, 6) is 0. The van der Waals surface area contributed by atoms with Crippen molar-refractivity contribution in [1.82, 2.24) is 4.98 Å². The minimum absolute atomic E-state index is 0.283. The molecule has 0 fully saturated rings. The lowest BCUT2D eigenvalue weighted by Gasteiger charge is -2.16. The quantitative estimate of drug-likeness (QED) is 0.828. The van der Waals surface area contributed by atoms with E-state index in [4.69, 9.17) is 5.73 Å². The first kappa shape index (κ1) is 19.7. The van der Waals surface area contributed by atoms with Crippen LogP contribution < -0.4 is 5.73 Å². The first-order chi connectivity index (χ1) is 10.9.